The molecule has 85 heavy (non-hydrogen) atoms. The molecule has 1 aliphatic heterocycles. The van der Waals surface area contributed by atoms with Gasteiger partial charge < -0.3 is 4.48 Å². The predicted octanol–water partition coefficient (Wildman–Crippen LogP) is 22.1. The molecule has 1 heterocycles. The Morgan fingerprint density at radius 2 is 0.518 bits per heavy atom. The second kappa shape index (κ2) is 20.0. The summed E-state index contributed by atoms with van der Waals surface area (Å²) in [4.78, 5) is 0. The van der Waals surface area contributed by atoms with Crippen LogP contribution in [0.25, 0.3) is 121 Å². The number of quaternary nitrogens is 1. The number of fused-ring (bicyclic) bond motifs is 9. The molecule has 1 nitrogen and oxygen atoms in total. The van der Waals surface area contributed by atoms with E-state index in [1.807, 2.05) is 97.1 Å². The second-order valence-electron chi connectivity index (χ2n) is 22.3. The summed E-state index contributed by atoms with van der Waals surface area (Å²) in [5.41, 5.74) is 7.05. The molecular formula is C72H46F12N+. The smallest absolute Gasteiger partial charge is 0.321 e. The van der Waals surface area contributed by atoms with E-state index in [4.69, 9.17) is 0 Å². The maximum atomic E-state index is 14.3. The van der Waals surface area contributed by atoms with Crippen LogP contribution in [0.15, 0.2) is 218 Å². The van der Waals surface area contributed by atoms with Crippen molar-refractivity contribution < 1.29 is 57.2 Å². The Balaban J connectivity index is 1.15. The van der Waals surface area contributed by atoms with Crippen LogP contribution in [0.5, 0.6) is 0 Å². The van der Waals surface area contributed by atoms with Crippen LogP contribution in [0, 0.1) is 0 Å². The number of benzene rings is 12. The lowest BCUT2D eigenvalue weighted by Crippen LogP contribution is -2.37. The minimum absolute atomic E-state index is 0.324. The minimum Gasteiger partial charge on any atom is -0.321 e. The molecule has 13 heteroatoms. The van der Waals surface area contributed by atoms with E-state index >= 15 is 0 Å². The SMILES string of the molecule is C[N+]1(C)Cc2c(-c3c(-c4ccc(C(F)(F)F)cc4)cc(-c4ccc(C(F)(F)F)cc4)c4ccccc34)cc3ccccc3c2-c2c(c(-c3c(-c4ccc(C(F)(F)F)cc4)cc(-c4ccc(C(F)(F)F)cc4)c4ccccc34)cc3ccccc23)C1. The third-order valence-corrected chi connectivity index (χ3v) is 16.5. The lowest BCUT2D eigenvalue weighted by molar-refractivity contribution is -0.916. The second-order valence-corrected chi connectivity index (χ2v) is 22.3. The highest BCUT2D eigenvalue weighted by Crippen LogP contribution is 2.55. The highest BCUT2D eigenvalue weighted by molar-refractivity contribution is 6.18. The molecule has 12 aromatic carbocycles. The lowest BCUT2D eigenvalue weighted by Gasteiger charge is -2.31. The van der Waals surface area contributed by atoms with Gasteiger partial charge >= 0.3 is 24.7 Å². The average molecular weight is 1150 g/mol. The topological polar surface area (TPSA) is 0 Å². The van der Waals surface area contributed by atoms with E-state index in [9.17, 15) is 52.7 Å². The molecule has 12 aromatic rings. The summed E-state index contributed by atoms with van der Waals surface area (Å²) in [6.07, 6.45) is -18.5. The molecule has 0 aliphatic carbocycles. The molecule has 0 unspecified atom stereocenters. The van der Waals surface area contributed by atoms with Gasteiger partial charge in [-0.15, -0.1) is 0 Å². The molecular weight excluding hydrogens is 1110 g/mol. The van der Waals surface area contributed by atoms with Gasteiger partial charge in [-0.3, -0.25) is 0 Å². The largest absolute Gasteiger partial charge is 0.416 e. The first kappa shape index (κ1) is 55.0. The van der Waals surface area contributed by atoms with Crippen LogP contribution < -0.4 is 0 Å². The first-order valence-corrected chi connectivity index (χ1v) is 27.2. The van der Waals surface area contributed by atoms with Gasteiger partial charge in [0.2, 0.25) is 0 Å². The van der Waals surface area contributed by atoms with E-state index in [0.717, 1.165) is 103 Å². The van der Waals surface area contributed by atoms with E-state index in [0.29, 0.717) is 94.8 Å². The van der Waals surface area contributed by atoms with Crippen molar-refractivity contribution in [2.75, 3.05) is 14.1 Å². The Morgan fingerprint density at radius 1 is 0.259 bits per heavy atom. The maximum absolute atomic E-state index is 14.3. The zero-order valence-corrected chi connectivity index (χ0v) is 45.2. The van der Waals surface area contributed by atoms with Gasteiger partial charge in [-0.05, 0) is 183 Å². The summed E-state index contributed by atoms with van der Waals surface area (Å²) in [5.74, 6) is 0. The van der Waals surface area contributed by atoms with Crippen LogP contribution in [0.4, 0.5) is 52.7 Å². The van der Waals surface area contributed by atoms with Crippen molar-refractivity contribution in [3.63, 3.8) is 0 Å². The summed E-state index contributed by atoms with van der Waals surface area (Å²) < 4.78 is 170. The third kappa shape index (κ3) is 9.83. The van der Waals surface area contributed by atoms with E-state index in [1.165, 1.54) is 48.5 Å². The van der Waals surface area contributed by atoms with Gasteiger partial charge in [-0.2, -0.15) is 52.7 Å². The molecule has 0 fully saturated rings. The zero-order chi connectivity index (χ0) is 59.5. The summed E-state index contributed by atoms with van der Waals surface area (Å²) in [7, 11) is 4.20. The number of halogens is 12. The van der Waals surface area contributed by atoms with Crippen LogP contribution >= 0.6 is 0 Å². The van der Waals surface area contributed by atoms with E-state index in [1.54, 1.807) is 0 Å². The monoisotopic (exact) mass is 1150 g/mol. The molecule has 0 radical (unpaired) electrons. The Kier molecular flexibility index (Phi) is 12.9. The van der Waals surface area contributed by atoms with Gasteiger partial charge in [0.15, 0.2) is 0 Å². The Labute approximate surface area is 479 Å². The van der Waals surface area contributed by atoms with Crippen molar-refractivity contribution >= 4 is 43.1 Å². The first-order chi connectivity index (χ1) is 40.4. The quantitative estimate of drug-likeness (QED) is 0.115. The van der Waals surface area contributed by atoms with E-state index in [2.05, 4.69) is 38.4 Å². The molecule has 1 aliphatic rings. The maximum Gasteiger partial charge on any atom is 0.416 e. The number of hydrogen-bond acceptors (Lipinski definition) is 0. The molecule has 0 spiro atoms. The molecule has 0 aromatic heterocycles. The molecule has 422 valence electrons. The number of nitrogens with zero attached hydrogens (tertiary/aromatic N) is 1. The summed E-state index contributed by atoms with van der Waals surface area (Å²) >= 11 is 0. The van der Waals surface area contributed by atoms with Crippen LogP contribution in [-0.2, 0) is 37.8 Å². The number of alkyl halides is 12. The van der Waals surface area contributed by atoms with Crippen LogP contribution in [0.1, 0.15) is 33.4 Å². The number of hydrogen-bond donors (Lipinski definition) is 0. The van der Waals surface area contributed by atoms with Gasteiger partial charge in [0, 0.05) is 22.3 Å². The van der Waals surface area contributed by atoms with Crippen molar-refractivity contribution in [1.82, 2.24) is 0 Å². The van der Waals surface area contributed by atoms with Crippen LogP contribution in [-0.4, -0.2) is 18.6 Å². The summed E-state index contributed by atoms with van der Waals surface area (Å²) in [6.45, 7) is 0.775. The van der Waals surface area contributed by atoms with Crippen LogP contribution in [0.3, 0.4) is 0 Å². The fraction of sp³-hybridized carbons (Fsp3) is 0.111. The van der Waals surface area contributed by atoms with Crippen molar-refractivity contribution in [2.45, 2.75) is 37.8 Å². The van der Waals surface area contributed by atoms with Crippen molar-refractivity contribution in [1.29, 1.82) is 0 Å². The molecule has 0 saturated heterocycles. The minimum atomic E-state index is -4.65. The lowest BCUT2D eigenvalue weighted by atomic mass is 9.78. The van der Waals surface area contributed by atoms with Crippen molar-refractivity contribution in [3.8, 4) is 77.9 Å². The van der Waals surface area contributed by atoms with Gasteiger partial charge in [-0.25, -0.2) is 0 Å². The molecule has 0 N–H and O–H groups in total. The number of rotatable bonds is 6. The molecule has 0 bridgehead atoms. The van der Waals surface area contributed by atoms with E-state index in [-0.39, 0.29) is 0 Å². The average Bonchev–Trinajstić information content (AvgIpc) is 1.77. The first-order valence-electron chi connectivity index (χ1n) is 27.2. The Bertz CT molecular complexity index is 4330. The zero-order valence-electron chi connectivity index (χ0n) is 45.2. The van der Waals surface area contributed by atoms with Gasteiger partial charge in [-0.1, -0.05) is 146 Å². The van der Waals surface area contributed by atoms with Gasteiger partial charge in [0.1, 0.15) is 13.1 Å². The Morgan fingerprint density at radius 3 is 0.812 bits per heavy atom. The molecule has 13 rings (SSSR count). The predicted molar refractivity (Wildman–Crippen MR) is 314 cm³/mol. The highest BCUT2D eigenvalue weighted by atomic mass is 19.4. The summed E-state index contributed by atoms with van der Waals surface area (Å²) in [5, 5.41) is 6.20. The fourth-order valence-corrected chi connectivity index (χ4v) is 12.7. The Hall–Kier alpha value is -9.20. The fourth-order valence-electron chi connectivity index (χ4n) is 12.7. The standard InChI is InChI=1S/C72H46F12N/c1-85(2)39-63-61(65-55-17-9-7-15-53(55)57(41-19-27-47(28-20-41)69(73,74)75)37-59(65)43-23-31-49(32-24-43)71(79,80)81)35-45-11-3-5-13-51(45)67(63)68-52-14-6-4-12-46(52)36-62(64(68)40-85)66-56-18-10-8-16-54(56)58(42-21-29-48(30-22-42)70(76,77)78)38-60(66)44-25-33-50(34-26-44)72(82,83)84/h3-38H,39-40H2,1-2H3/q+1. The normalized spacial score (nSPS) is 13.8. The molecule has 0 amide bonds. The highest BCUT2D eigenvalue weighted by Gasteiger charge is 2.38. The molecule has 0 atom stereocenters. The van der Waals surface area contributed by atoms with Gasteiger partial charge in [0.05, 0.1) is 36.3 Å². The summed E-state index contributed by atoms with van der Waals surface area (Å²) in [6, 6.07) is 58.2. The van der Waals surface area contributed by atoms with Crippen LogP contribution in [0.2, 0.25) is 0 Å². The van der Waals surface area contributed by atoms with E-state index < -0.39 is 47.0 Å². The van der Waals surface area contributed by atoms with Crippen molar-refractivity contribution in [2.24, 2.45) is 0 Å². The molecule has 0 saturated carbocycles. The third-order valence-electron chi connectivity index (χ3n) is 16.5. The van der Waals surface area contributed by atoms with Crippen molar-refractivity contribution in [3.05, 3.63) is 252 Å². The van der Waals surface area contributed by atoms with Gasteiger partial charge in [0.25, 0.3) is 0 Å².